The monoisotopic (exact) mass is 606 g/mol. The van der Waals surface area contributed by atoms with Crippen LogP contribution >= 0.6 is 34.7 Å². The number of aromatic nitrogens is 2. The summed E-state index contributed by atoms with van der Waals surface area (Å²) in [6.07, 6.45) is 1.63. The van der Waals surface area contributed by atoms with Crippen molar-refractivity contribution in [2.75, 3.05) is 16.0 Å². The van der Waals surface area contributed by atoms with E-state index in [0.717, 1.165) is 22.9 Å². The van der Waals surface area contributed by atoms with E-state index in [0.29, 0.717) is 45.7 Å². The molecule has 1 atom stereocenters. The lowest BCUT2D eigenvalue weighted by molar-refractivity contribution is -0.116. The van der Waals surface area contributed by atoms with Crippen LogP contribution in [0.3, 0.4) is 0 Å². The number of anilines is 2. The fraction of sp³-hybridized carbons (Fsp3) is 0.214. The van der Waals surface area contributed by atoms with Crippen LogP contribution in [0.1, 0.15) is 46.7 Å². The Hall–Kier alpha value is -4.18. The molecule has 1 amide bonds. The Bertz CT molecular complexity index is 1690. The van der Waals surface area contributed by atoms with Crippen LogP contribution in [0.25, 0.3) is 0 Å². The van der Waals surface area contributed by atoms with Gasteiger partial charge < -0.3 is 16.2 Å². The topological polar surface area (TPSA) is 162 Å². The second kappa shape index (κ2) is 11.7. The highest BCUT2D eigenvalue weighted by molar-refractivity contribution is 8.01. The van der Waals surface area contributed by atoms with E-state index < -0.39 is 11.9 Å². The lowest BCUT2D eigenvalue weighted by atomic mass is 9.75. The van der Waals surface area contributed by atoms with Gasteiger partial charge in [0.25, 0.3) is 0 Å². The average molecular weight is 607 g/mol. The van der Waals surface area contributed by atoms with Crippen molar-refractivity contribution in [2.24, 2.45) is 5.73 Å². The Morgan fingerprint density at radius 3 is 2.78 bits per heavy atom. The van der Waals surface area contributed by atoms with Gasteiger partial charge in [-0.15, -0.1) is 10.2 Å². The summed E-state index contributed by atoms with van der Waals surface area (Å²) in [5.41, 5.74) is 10.2. The Kier molecular flexibility index (Phi) is 8.12. The molecule has 2 heterocycles. The highest BCUT2D eigenvalue weighted by Crippen LogP contribution is 2.47. The fourth-order valence-corrected chi connectivity index (χ4v) is 6.85. The molecule has 0 saturated heterocycles. The van der Waals surface area contributed by atoms with Gasteiger partial charge in [-0.3, -0.25) is 14.5 Å². The minimum absolute atomic E-state index is 0.0176. The molecule has 0 bridgehead atoms. The standard InChI is InChI=1S/C28H23ClN6O4S2/c1-14-5-2-3-6-16(14)23-18(12-30)25(31)35(20-7-4-8-21(36)24(20)23)27-33-34-28(41-27)40-13-22(37)32-15-9-10-19(29)17(11-15)26(38)39/h2-3,5-6,9-11,23H,4,7-8,13,31H2,1H3,(H,32,37)(H,38,39). The van der Waals surface area contributed by atoms with E-state index >= 15 is 0 Å². The lowest BCUT2D eigenvalue weighted by Gasteiger charge is -2.38. The molecule has 1 unspecified atom stereocenters. The van der Waals surface area contributed by atoms with Crippen LogP contribution in [0, 0.1) is 18.3 Å². The Morgan fingerprint density at radius 1 is 1.27 bits per heavy atom. The van der Waals surface area contributed by atoms with Gasteiger partial charge in [-0.1, -0.05) is 59.0 Å². The SMILES string of the molecule is Cc1ccccc1C1C(C#N)=C(N)N(c2nnc(SCC(=O)Nc3ccc(Cl)c(C(=O)O)c3)s2)C2=C1C(=O)CCC2. The van der Waals surface area contributed by atoms with Crippen LogP contribution in [0.4, 0.5) is 10.8 Å². The third-order valence-corrected chi connectivity index (χ3v) is 9.18. The minimum Gasteiger partial charge on any atom is -0.478 e. The number of rotatable bonds is 7. The first-order valence-corrected chi connectivity index (χ1v) is 14.7. The van der Waals surface area contributed by atoms with E-state index in [1.165, 1.54) is 29.5 Å². The lowest BCUT2D eigenvalue weighted by Crippen LogP contribution is -2.38. The number of amides is 1. The maximum absolute atomic E-state index is 13.3. The molecule has 1 aliphatic heterocycles. The van der Waals surface area contributed by atoms with Crippen molar-refractivity contribution in [1.82, 2.24) is 10.2 Å². The van der Waals surface area contributed by atoms with Gasteiger partial charge in [0.15, 0.2) is 10.1 Å². The molecule has 1 aromatic heterocycles. The van der Waals surface area contributed by atoms with Crippen LogP contribution in [0.5, 0.6) is 0 Å². The molecule has 2 aliphatic rings. The van der Waals surface area contributed by atoms with Crippen molar-refractivity contribution in [2.45, 2.75) is 36.4 Å². The van der Waals surface area contributed by atoms with E-state index in [1.54, 1.807) is 4.90 Å². The number of carbonyl (C=O) groups excluding carboxylic acids is 2. The molecular formula is C28H23ClN6O4S2. The number of hydrogen-bond acceptors (Lipinski definition) is 10. The van der Waals surface area contributed by atoms with Crippen molar-refractivity contribution >= 4 is 63.2 Å². The first-order valence-electron chi connectivity index (χ1n) is 12.5. The molecule has 0 fully saturated rings. The van der Waals surface area contributed by atoms with Gasteiger partial charge in [-0.2, -0.15) is 5.26 Å². The number of nitrogens with one attached hydrogen (secondary N) is 1. The first-order chi connectivity index (χ1) is 19.7. The molecule has 0 radical (unpaired) electrons. The number of thioether (sulfide) groups is 1. The molecule has 0 spiro atoms. The summed E-state index contributed by atoms with van der Waals surface area (Å²) in [6, 6.07) is 14.1. The normalized spacial score (nSPS) is 16.9. The number of benzene rings is 2. The number of ketones is 1. The summed E-state index contributed by atoms with van der Waals surface area (Å²) in [7, 11) is 0. The molecule has 5 rings (SSSR count). The smallest absolute Gasteiger partial charge is 0.337 e. The van der Waals surface area contributed by atoms with Crippen LogP contribution in [-0.2, 0) is 9.59 Å². The van der Waals surface area contributed by atoms with E-state index in [4.69, 9.17) is 17.3 Å². The summed E-state index contributed by atoms with van der Waals surface area (Å²) in [6.45, 7) is 1.95. The Balaban J connectivity index is 1.39. The number of aromatic carboxylic acids is 1. The first kappa shape index (κ1) is 28.4. The van der Waals surface area contributed by atoms with Gasteiger partial charge in [0.2, 0.25) is 11.0 Å². The minimum atomic E-state index is -1.20. The van der Waals surface area contributed by atoms with E-state index in [-0.39, 0.29) is 39.4 Å². The number of aryl methyl sites for hydroxylation is 1. The zero-order chi connectivity index (χ0) is 29.3. The second-order valence-corrected chi connectivity index (χ2v) is 11.9. The molecule has 4 N–H and O–H groups in total. The second-order valence-electron chi connectivity index (χ2n) is 9.36. The number of carbonyl (C=O) groups is 3. The molecule has 2 aromatic carbocycles. The van der Waals surface area contributed by atoms with Crippen molar-refractivity contribution in [1.29, 1.82) is 5.26 Å². The van der Waals surface area contributed by atoms with Crippen molar-refractivity contribution in [3.8, 4) is 6.07 Å². The third-order valence-electron chi connectivity index (χ3n) is 6.81. The molecule has 13 heteroatoms. The zero-order valence-electron chi connectivity index (χ0n) is 21.7. The van der Waals surface area contributed by atoms with Crippen LogP contribution in [-0.4, -0.2) is 38.7 Å². The number of hydrogen-bond donors (Lipinski definition) is 3. The van der Waals surface area contributed by atoms with E-state index in [1.807, 2.05) is 31.2 Å². The summed E-state index contributed by atoms with van der Waals surface area (Å²) in [5, 5.41) is 31.0. The number of carboxylic acid groups (broad SMARTS) is 1. The molecule has 1 aliphatic carbocycles. The number of halogens is 1. The van der Waals surface area contributed by atoms with Crippen molar-refractivity contribution in [3.63, 3.8) is 0 Å². The molecular weight excluding hydrogens is 584 g/mol. The van der Waals surface area contributed by atoms with Gasteiger partial charge in [-0.25, -0.2) is 4.79 Å². The Labute approximate surface area is 248 Å². The highest BCUT2D eigenvalue weighted by Gasteiger charge is 2.41. The maximum Gasteiger partial charge on any atom is 0.337 e. The fourth-order valence-electron chi connectivity index (χ4n) is 4.97. The van der Waals surface area contributed by atoms with Gasteiger partial charge in [0, 0.05) is 23.4 Å². The predicted octanol–water partition coefficient (Wildman–Crippen LogP) is 5.23. The van der Waals surface area contributed by atoms with E-state index in [9.17, 15) is 24.8 Å². The van der Waals surface area contributed by atoms with Crippen LogP contribution in [0.2, 0.25) is 5.02 Å². The zero-order valence-corrected chi connectivity index (χ0v) is 24.1. The van der Waals surface area contributed by atoms with Gasteiger partial charge in [-0.05, 0) is 49.1 Å². The summed E-state index contributed by atoms with van der Waals surface area (Å²) in [4.78, 5) is 38.8. The van der Waals surface area contributed by atoms with Gasteiger partial charge in [0.1, 0.15) is 5.82 Å². The summed E-state index contributed by atoms with van der Waals surface area (Å²) in [5.74, 6) is -1.96. The number of nitrogens with zero attached hydrogens (tertiary/aromatic N) is 4. The quantitative estimate of drug-likeness (QED) is 0.303. The maximum atomic E-state index is 13.3. The number of nitriles is 1. The van der Waals surface area contributed by atoms with Crippen molar-refractivity contribution in [3.05, 3.63) is 86.8 Å². The molecule has 3 aromatic rings. The van der Waals surface area contributed by atoms with Crippen LogP contribution < -0.4 is 16.0 Å². The van der Waals surface area contributed by atoms with Crippen molar-refractivity contribution < 1.29 is 19.5 Å². The number of Topliss-reactive ketones (excluding diaryl/α,β-unsaturated/α-hetero) is 1. The van der Waals surface area contributed by atoms with Gasteiger partial charge >= 0.3 is 5.97 Å². The highest BCUT2D eigenvalue weighted by atomic mass is 35.5. The number of nitrogens with two attached hydrogens (primary N) is 1. The summed E-state index contributed by atoms with van der Waals surface area (Å²) >= 11 is 8.23. The van der Waals surface area contributed by atoms with Gasteiger partial charge in [0.05, 0.1) is 33.9 Å². The number of allylic oxidation sites excluding steroid dienone is 3. The van der Waals surface area contributed by atoms with Crippen LogP contribution in [0.15, 0.2) is 69.5 Å². The largest absolute Gasteiger partial charge is 0.478 e. The average Bonchev–Trinajstić information content (AvgIpc) is 3.41. The predicted molar refractivity (Wildman–Crippen MR) is 157 cm³/mol. The van der Waals surface area contributed by atoms with E-state index in [2.05, 4.69) is 21.6 Å². The molecule has 208 valence electrons. The molecule has 10 nitrogen and oxygen atoms in total. The molecule has 41 heavy (non-hydrogen) atoms. The summed E-state index contributed by atoms with van der Waals surface area (Å²) < 4.78 is 0.481. The third kappa shape index (κ3) is 5.56. The molecule has 0 saturated carbocycles. The Morgan fingerprint density at radius 2 is 2.05 bits per heavy atom. The number of carboxylic acids is 1.